The van der Waals surface area contributed by atoms with E-state index in [0.29, 0.717) is 17.5 Å². The lowest BCUT2D eigenvalue weighted by Gasteiger charge is -2.05. The van der Waals surface area contributed by atoms with Gasteiger partial charge >= 0.3 is 0 Å². The lowest BCUT2D eigenvalue weighted by Crippen LogP contribution is -2.36. The summed E-state index contributed by atoms with van der Waals surface area (Å²) in [6.45, 7) is 0. The largest absolute Gasteiger partial charge is 0.497 e. The van der Waals surface area contributed by atoms with Gasteiger partial charge in [0, 0.05) is 11.6 Å². The van der Waals surface area contributed by atoms with Gasteiger partial charge in [0.25, 0.3) is 5.91 Å². The average Bonchev–Trinajstić information content (AvgIpc) is 2.47. The van der Waals surface area contributed by atoms with Crippen LogP contribution in [0.25, 0.3) is 0 Å². The normalized spacial score (nSPS) is 11.1. The Morgan fingerprint density at radius 1 is 1.14 bits per heavy atom. The van der Waals surface area contributed by atoms with Crippen LogP contribution >= 0.6 is 0 Å². The maximum Gasteiger partial charge on any atom is 0.258 e. The molecule has 0 unspecified atom stereocenters. The molecule has 0 aliphatic rings. The number of rotatable bonds is 3. The van der Waals surface area contributed by atoms with Gasteiger partial charge in [-0.3, -0.25) is 10.1 Å². The average molecular weight is 305 g/mol. The summed E-state index contributed by atoms with van der Waals surface area (Å²) in [6.07, 6.45) is 0. The molecule has 114 valence electrons. The summed E-state index contributed by atoms with van der Waals surface area (Å²) in [4.78, 5) is 15.8. The first-order valence-corrected chi connectivity index (χ1v) is 6.23. The molecule has 0 heterocycles. The summed E-state index contributed by atoms with van der Waals surface area (Å²) >= 11 is 0. The standard InChI is InChI=1S/C15H13F2N3O2/c1-22-13-4-2-12(3-5-13)19-15(18)20-14(21)9-6-10(16)8-11(17)7-9/h2-8H,1H3,(H3,18,19,20,21). The summed E-state index contributed by atoms with van der Waals surface area (Å²) in [6, 6.07) is 9.11. The van der Waals surface area contributed by atoms with Crippen LogP contribution in [0.1, 0.15) is 10.4 Å². The second-order valence-corrected chi connectivity index (χ2v) is 4.31. The van der Waals surface area contributed by atoms with Crippen molar-refractivity contribution in [1.29, 1.82) is 0 Å². The first-order valence-electron chi connectivity index (χ1n) is 6.23. The SMILES string of the molecule is COc1ccc(N=C(N)NC(=O)c2cc(F)cc(F)c2)cc1. The van der Waals surface area contributed by atoms with Gasteiger partial charge in [0.2, 0.25) is 5.96 Å². The number of ether oxygens (including phenoxy) is 1. The lowest BCUT2D eigenvalue weighted by atomic mass is 10.2. The van der Waals surface area contributed by atoms with Gasteiger partial charge in [-0.05, 0) is 36.4 Å². The summed E-state index contributed by atoms with van der Waals surface area (Å²) < 4.78 is 31.1. The number of benzene rings is 2. The smallest absolute Gasteiger partial charge is 0.258 e. The Labute approximate surface area is 125 Å². The molecular weight excluding hydrogens is 292 g/mol. The third-order valence-corrected chi connectivity index (χ3v) is 2.69. The molecule has 2 rings (SSSR count). The maximum atomic E-state index is 13.1. The van der Waals surface area contributed by atoms with Crippen molar-refractivity contribution in [2.45, 2.75) is 0 Å². The fourth-order valence-corrected chi connectivity index (χ4v) is 1.70. The van der Waals surface area contributed by atoms with E-state index < -0.39 is 17.5 Å². The molecular formula is C15H13F2N3O2. The van der Waals surface area contributed by atoms with E-state index in [1.54, 1.807) is 24.3 Å². The highest BCUT2D eigenvalue weighted by Crippen LogP contribution is 2.17. The van der Waals surface area contributed by atoms with E-state index in [2.05, 4.69) is 10.3 Å². The van der Waals surface area contributed by atoms with E-state index in [0.717, 1.165) is 12.1 Å². The van der Waals surface area contributed by atoms with Crippen molar-refractivity contribution in [3.05, 3.63) is 59.7 Å². The van der Waals surface area contributed by atoms with Crippen LogP contribution in [0.5, 0.6) is 5.75 Å². The molecule has 0 atom stereocenters. The molecule has 0 saturated carbocycles. The highest BCUT2D eigenvalue weighted by molar-refractivity contribution is 6.05. The highest BCUT2D eigenvalue weighted by atomic mass is 19.1. The zero-order valence-corrected chi connectivity index (χ0v) is 11.6. The predicted octanol–water partition coefficient (Wildman–Crippen LogP) is 2.35. The number of hydrogen-bond acceptors (Lipinski definition) is 3. The van der Waals surface area contributed by atoms with E-state index in [9.17, 15) is 13.6 Å². The molecule has 0 saturated heterocycles. The van der Waals surface area contributed by atoms with Crippen LogP contribution in [-0.2, 0) is 0 Å². The molecule has 22 heavy (non-hydrogen) atoms. The molecule has 1 amide bonds. The first-order chi connectivity index (χ1) is 10.5. The number of carbonyl (C=O) groups excluding carboxylic acids is 1. The number of halogens is 2. The van der Waals surface area contributed by atoms with Crippen molar-refractivity contribution in [2.75, 3.05) is 7.11 Å². The Bertz CT molecular complexity index is 695. The van der Waals surface area contributed by atoms with Crippen LogP contribution in [0.4, 0.5) is 14.5 Å². The summed E-state index contributed by atoms with van der Waals surface area (Å²) in [5.74, 6) is -2.00. The fraction of sp³-hybridized carbons (Fsp3) is 0.0667. The number of nitrogens with zero attached hydrogens (tertiary/aromatic N) is 1. The molecule has 3 N–H and O–H groups in total. The monoisotopic (exact) mass is 305 g/mol. The number of methoxy groups -OCH3 is 1. The molecule has 0 fully saturated rings. The van der Waals surface area contributed by atoms with Gasteiger partial charge < -0.3 is 10.5 Å². The van der Waals surface area contributed by atoms with Crippen molar-refractivity contribution in [2.24, 2.45) is 10.7 Å². The van der Waals surface area contributed by atoms with Gasteiger partial charge in [-0.2, -0.15) is 0 Å². The first kappa shape index (κ1) is 15.4. The molecule has 0 radical (unpaired) electrons. The number of aliphatic imine (C=N–C) groups is 1. The minimum Gasteiger partial charge on any atom is -0.497 e. The van der Waals surface area contributed by atoms with Crippen LogP contribution in [0.2, 0.25) is 0 Å². The second-order valence-electron chi connectivity index (χ2n) is 4.31. The molecule has 2 aromatic carbocycles. The molecule has 0 aromatic heterocycles. The predicted molar refractivity (Wildman–Crippen MR) is 78.1 cm³/mol. The van der Waals surface area contributed by atoms with Crippen molar-refractivity contribution in [3.8, 4) is 5.75 Å². The van der Waals surface area contributed by atoms with Gasteiger partial charge in [-0.1, -0.05) is 0 Å². The minimum atomic E-state index is -0.851. The van der Waals surface area contributed by atoms with Gasteiger partial charge in [-0.15, -0.1) is 0 Å². The van der Waals surface area contributed by atoms with Crippen LogP contribution < -0.4 is 15.8 Å². The van der Waals surface area contributed by atoms with E-state index in [1.807, 2.05) is 0 Å². The van der Waals surface area contributed by atoms with Crippen molar-refractivity contribution >= 4 is 17.6 Å². The topological polar surface area (TPSA) is 76.7 Å². The Balaban J connectivity index is 2.11. The summed E-state index contributed by atoms with van der Waals surface area (Å²) in [5.41, 5.74) is 5.89. The second kappa shape index (κ2) is 6.66. The van der Waals surface area contributed by atoms with Crippen molar-refractivity contribution in [1.82, 2.24) is 5.32 Å². The summed E-state index contributed by atoms with van der Waals surface area (Å²) in [5, 5.41) is 2.25. The number of guanidine groups is 1. The minimum absolute atomic E-state index is 0.189. The zero-order valence-electron chi connectivity index (χ0n) is 11.6. The third-order valence-electron chi connectivity index (χ3n) is 2.69. The van der Waals surface area contributed by atoms with Gasteiger partial charge in [-0.25, -0.2) is 13.8 Å². The van der Waals surface area contributed by atoms with Crippen molar-refractivity contribution in [3.63, 3.8) is 0 Å². The van der Waals surface area contributed by atoms with Crippen LogP contribution in [0.3, 0.4) is 0 Å². The Kier molecular flexibility index (Phi) is 4.67. The summed E-state index contributed by atoms with van der Waals surface area (Å²) in [7, 11) is 1.53. The molecule has 5 nitrogen and oxygen atoms in total. The van der Waals surface area contributed by atoms with E-state index >= 15 is 0 Å². The lowest BCUT2D eigenvalue weighted by molar-refractivity contribution is 0.0975. The number of nitrogens with two attached hydrogens (primary N) is 1. The number of nitrogens with one attached hydrogen (secondary N) is 1. The molecule has 0 aliphatic carbocycles. The van der Waals surface area contributed by atoms with Gasteiger partial charge in [0.05, 0.1) is 12.8 Å². The van der Waals surface area contributed by atoms with Crippen LogP contribution in [-0.4, -0.2) is 19.0 Å². The highest BCUT2D eigenvalue weighted by Gasteiger charge is 2.10. The van der Waals surface area contributed by atoms with E-state index in [1.165, 1.54) is 7.11 Å². The van der Waals surface area contributed by atoms with E-state index in [4.69, 9.17) is 10.5 Å². The fourth-order valence-electron chi connectivity index (χ4n) is 1.70. The quantitative estimate of drug-likeness (QED) is 0.675. The van der Waals surface area contributed by atoms with Crippen LogP contribution in [0.15, 0.2) is 47.5 Å². The molecule has 7 heteroatoms. The molecule has 0 bridgehead atoms. The number of carbonyl (C=O) groups is 1. The number of amides is 1. The van der Waals surface area contributed by atoms with Crippen molar-refractivity contribution < 1.29 is 18.3 Å². The van der Waals surface area contributed by atoms with E-state index in [-0.39, 0.29) is 11.5 Å². The Morgan fingerprint density at radius 3 is 2.27 bits per heavy atom. The van der Waals surface area contributed by atoms with Gasteiger partial charge in [0.15, 0.2) is 0 Å². The maximum absolute atomic E-state index is 13.1. The van der Waals surface area contributed by atoms with Crippen LogP contribution in [0, 0.1) is 11.6 Å². The molecule has 0 spiro atoms. The molecule has 2 aromatic rings. The van der Waals surface area contributed by atoms with Gasteiger partial charge in [0.1, 0.15) is 17.4 Å². The number of hydrogen-bond donors (Lipinski definition) is 2. The Morgan fingerprint density at radius 2 is 1.73 bits per heavy atom. The Hall–Kier alpha value is -2.96. The molecule has 0 aliphatic heterocycles. The zero-order chi connectivity index (χ0) is 16.1. The third kappa shape index (κ3) is 4.02.